The highest BCUT2D eigenvalue weighted by Crippen LogP contribution is 2.35. The number of hydrogen-bond donors (Lipinski definition) is 1. The molecule has 2 aromatic heterocycles. The van der Waals surface area contributed by atoms with Gasteiger partial charge in [-0.05, 0) is 60.4 Å². The van der Waals surface area contributed by atoms with E-state index in [1.165, 1.54) is 48.6 Å². The molecule has 0 saturated carbocycles. The SMILES string of the molecule is CC(c1ccc(F)cc1)N(C)C(=O)c1ccc(C(F)(F)F)cc1NS(=O)(=O)c1nccc2sncc12. The normalized spacial score (nSPS) is 12.9. The summed E-state index contributed by atoms with van der Waals surface area (Å²) >= 11 is 1.03. The van der Waals surface area contributed by atoms with Crippen molar-refractivity contribution in [1.82, 2.24) is 14.3 Å². The van der Waals surface area contributed by atoms with Crippen LogP contribution in [0.2, 0.25) is 0 Å². The molecular weight excluding hydrogens is 520 g/mol. The Kier molecular flexibility index (Phi) is 6.71. The number of aromatic nitrogens is 2. The monoisotopic (exact) mass is 538 g/mol. The third-order valence-corrected chi connectivity index (χ3v) is 7.66. The molecule has 0 radical (unpaired) electrons. The molecule has 188 valence electrons. The molecule has 36 heavy (non-hydrogen) atoms. The molecule has 0 saturated heterocycles. The number of carbonyl (C=O) groups excluding carboxylic acids is 1. The number of fused-ring (bicyclic) bond motifs is 1. The first-order chi connectivity index (χ1) is 16.9. The summed E-state index contributed by atoms with van der Waals surface area (Å²) in [6.07, 6.45) is -2.26. The molecule has 2 heterocycles. The molecule has 7 nitrogen and oxygen atoms in total. The molecule has 0 spiro atoms. The highest BCUT2D eigenvalue weighted by Gasteiger charge is 2.33. The molecule has 0 aliphatic carbocycles. The molecule has 13 heteroatoms. The Balaban J connectivity index is 1.75. The van der Waals surface area contributed by atoms with Gasteiger partial charge < -0.3 is 4.90 Å². The molecule has 1 N–H and O–H groups in total. The quantitative estimate of drug-likeness (QED) is 0.328. The van der Waals surface area contributed by atoms with Crippen molar-refractivity contribution in [2.75, 3.05) is 11.8 Å². The first kappa shape index (κ1) is 25.5. The fraction of sp³-hybridized carbons (Fsp3) is 0.174. The Morgan fingerprint density at radius 3 is 2.47 bits per heavy atom. The number of hydrogen-bond acceptors (Lipinski definition) is 6. The van der Waals surface area contributed by atoms with Crippen molar-refractivity contribution in [2.24, 2.45) is 0 Å². The standard InChI is InChI=1S/C23H18F4N4O3S2/c1-13(14-3-6-16(24)7-4-14)31(2)22(32)17-8-5-15(23(25,26)27)11-19(17)30-36(33,34)21-18-12-29-35-20(18)9-10-28-21/h3-13,30H,1-2H3. The molecular formula is C23H18F4N4O3S2. The van der Waals surface area contributed by atoms with E-state index in [-0.39, 0.29) is 10.9 Å². The van der Waals surface area contributed by atoms with Gasteiger partial charge in [0.15, 0.2) is 5.03 Å². The number of alkyl halides is 3. The lowest BCUT2D eigenvalue weighted by Gasteiger charge is -2.26. The number of halogens is 4. The van der Waals surface area contributed by atoms with Crippen LogP contribution in [0.25, 0.3) is 10.1 Å². The molecule has 4 aromatic rings. The van der Waals surface area contributed by atoms with Crippen molar-refractivity contribution in [3.8, 4) is 0 Å². The number of pyridine rings is 1. The van der Waals surface area contributed by atoms with Gasteiger partial charge in [0.1, 0.15) is 5.82 Å². The number of amides is 1. The molecule has 4 rings (SSSR count). The predicted molar refractivity (Wildman–Crippen MR) is 127 cm³/mol. The van der Waals surface area contributed by atoms with Crippen LogP contribution in [0.1, 0.15) is 34.5 Å². The summed E-state index contributed by atoms with van der Waals surface area (Å²) in [7, 11) is -3.10. The first-order valence-electron chi connectivity index (χ1n) is 10.3. The average Bonchev–Trinajstić information content (AvgIpc) is 3.31. The van der Waals surface area contributed by atoms with E-state index < -0.39 is 50.2 Å². The smallest absolute Gasteiger partial charge is 0.335 e. The van der Waals surface area contributed by atoms with Crippen LogP contribution < -0.4 is 4.72 Å². The van der Waals surface area contributed by atoms with Gasteiger partial charge in [0.25, 0.3) is 15.9 Å². The minimum Gasteiger partial charge on any atom is -0.335 e. The lowest BCUT2D eigenvalue weighted by molar-refractivity contribution is -0.137. The maximum Gasteiger partial charge on any atom is 0.416 e. The van der Waals surface area contributed by atoms with Crippen molar-refractivity contribution < 1.29 is 30.8 Å². The van der Waals surface area contributed by atoms with Gasteiger partial charge in [-0.1, -0.05) is 12.1 Å². The summed E-state index contributed by atoms with van der Waals surface area (Å²) in [5.74, 6) is -1.22. The summed E-state index contributed by atoms with van der Waals surface area (Å²) in [6, 6.07) is 8.51. The van der Waals surface area contributed by atoms with Crippen molar-refractivity contribution in [2.45, 2.75) is 24.2 Å². The van der Waals surface area contributed by atoms with Crippen LogP contribution in [-0.4, -0.2) is 35.6 Å². The van der Waals surface area contributed by atoms with Crippen LogP contribution in [0.15, 0.2) is 66.0 Å². The van der Waals surface area contributed by atoms with Gasteiger partial charge in [-0.15, -0.1) is 0 Å². The van der Waals surface area contributed by atoms with E-state index in [1.54, 1.807) is 13.0 Å². The minimum atomic E-state index is -4.79. The molecule has 0 bridgehead atoms. The van der Waals surface area contributed by atoms with E-state index in [0.717, 1.165) is 17.6 Å². The molecule has 1 unspecified atom stereocenters. The molecule has 0 aliphatic rings. The van der Waals surface area contributed by atoms with Gasteiger partial charge in [-0.2, -0.15) is 26.0 Å². The molecule has 0 fully saturated rings. The summed E-state index contributed by atoms with van der Waals surface area (Å²) in [6.45, 7) is 1.65. The van der Waals surface area contributed by atoms with Gasteiger partial charge in [-0.3, -0.25) is 9.52 Å². The number of rotatable bonds is 6. The highest BCUT2D eigenvalue weighted by atomic mass is 32.2. The second-order valence-corrected chi connectivity index (χ2v) is 10.3. The van der Waals surface area contributed by atoms with Gasteiger partial charge in [0.05, 0.1) is 39.1 Å². The summed E-state index contributed by atoms with van der Waals surface area (Å²) in [5.41, 5.74) is -1.44. The number of anilines is 1. The first-order valence-corrected chi connectivity index (χ1v) is 12.6. The summed E-state index contributed by atoms with van der Waals surface area (Å²) in [4.78, 5) is 18.4. The van der Waals surface area contributed by atoms with Crippen LogP contribution >= 0.6 is 11.5 Å². The van der Waals surface area contributed by atoms with Gasteiger partial charge in [0, 0.05) is 13.2 Å². The number of nitrogens with one attached hydrogen (secondary N) is 1. The number of carbonyl (C=O) groups is 1. The van der Waals surface area contributed by atoms with Crippen LogP contribution in [0.5, 0.6) is 0 Å². The largest absolute Gasteiger partial charge is 0.416 e. The Hall–Kier alpha value is -3.58. The van der Waals surface area contributed by atoms with Gasteiger partial charge in [-0.25, -0.2) is 9.37 Å². The second-order valence-electron chi connectivity index (χ2n) is 7.86. The summed E-state index contributed by atoms with van der Waals surface area (Å²) in [5, 5.41) is -0.241. The zero-order chi connectivity index (χ0) is 26.3. The van der Waals surface area contributed by atoms with Crippen LogP contribution in [0, 0.1) is 5.82 Å². The lowest BCUT2D eigenvalue weighted by Crippen LogP contribution is -2.31. The van der Waals surface area contributed by atoms with E-state index in [1.807, 2.05) is 0 Å². The third kappa shape index (κ3) is 5.02. The topological polar surface area (TPSA) is 92.3 Å². The number of nitrogens with zero attached hydrogens (tertiary/aromatic N) is 3. The highest BCUT2D eigenvalue weighted by molar-refractivity contribution is 7.92. The molecule has 0 aliphatic heterocycles. The Morgan fingerprint density at radius 1 is 1.11 bits per heavy atom. The fourth-order valence-electron chi connectivity index (χ4n) is 3.50. The lowest BCUT2D eigenvalue weighted by atomic mass is 10.0. The van der Waals surface area contributed by atoms with Gasteiger partial charge >= 0.3 is 6.18 Å². The third-order valence-electron chi connectivity index (χ3n) is 5.58. The van der Waals surface area contributed by atoms with Crippen molar-refractivity contribution in [3.05, 3.63) is 83.4 Å². The van der Waals surface area contributed by atoms with Crippen molar-refractivity contribution >= 4 is 43.2 Å². The Labute approximate surface area is 207 Å². The van der Waals surface area contributed by atoms with E-state index in [4.69, 9.17) is 0 Å². The van der Waals surface area contributed by atoms with Crippen LogP contribution in [-0.2, 0) is 16.2 Å². The summed E-state index contributed by atoms with van der Waals surface area (Å²) < 4.78 is 86.5. The van der Waals surface area contributed by atoms with Crippen LogP contribution in [0.4, 0.5) is 23.2 Å². The zero-order valence-corrected chi connectivity index (χ0v) is 20.4. The Morgan fingerprint density at radius 2 is 1.81 bits per heavy atom. The Bertz CT molecular complexity index is 1540. The number of sulfonamides is 1. The molecule has 2 aromatic carbocycles. The van der Waals surface area contributed by atoms with E-state index >= 15 is 0 Å². The van der Waals surface area contributed by atoms with E-state index in [9.17, 15) is 30.8 Å². The number of benzene rings is 2. The predicted octanol–water partition coefficient (Wildman–Crippen LogP) is 5.48. The average molecular weight is 539 g/mol. The molecule has 1 amide bonds. The molecule has 1 atom stereocenters. The fourth-order valence-corrected chi connectivity index (χ4v) is 5.41. The van der Waals surface area contributed by atoms with Crippen LogP contribution in [0.3, 0.4) is 0 Å². The minimum absolute atomic E-state index is 0.192. The van der Waals surface area contributed by atoms with Crippen molar-refractivity contribution in [3.63, 3.8) is 0 Å². The maximum absolute atomic E-state index is 13.4. The zero-order valence-electron chi connectivity index (χ0n) is 18.7. The van der Waals surface area contributed by atoms with Gasteiger partial charge in [0.2, 0.25) is 0 Å². The maximum atomic E-state index is 13.4. The van der Waals surface area contributed by atoms with E-state index in [2.05, 4.69) is 14.1 Å². The van der Waals surface area contributed by atoms with E-state index in [0.29, 0.717) is 22.4 Å². The van der Waals surface area contributed by atoms with Crippen molar-refractivity contribution in [1.29, 1.82) is 0 Å². The second kappa shape index (κ2) is 9.47.